The van der Waals surface area contributed by atoms with Gasteiger partial charge in [0.1, 0.15) is 5.76 Å². The van der Waals surface area contributed by atoms with E-state index in [0.717, 1.165) is 18.8 Å². The van der Waals surface area contributed by atoms with E-state index in [2.05, 4.69) is 20.5 Å². The molecule has 148 valence electrons. The second-order valence-corrected chi connectivity index (χ2v) is 6.95. The van der Waals surface area contributed by atoms with Gasteiger partial charge in [-0.1, -0.05) is 0 Å². The van der Waals surface area contributed by atoms with Crippen molar-refractivity contribution in [2.45, 2.75) is 38.1 Å². The smallest absolute Gasteiger partial charge is 0.229 e. The topological polar surface area (TPSA) is 90.2 Å². The zero-order valence-electron chi connectivity index (χ0n) is 15.9. The molecule has 3 heterocycles. The lowest BCUT2D eigenvalue weighted by molar-refractivity contribution is -0.147. The molecule has 1 unspecified atom stereocenters. The first-order valence-corrected chi connectivity index (χ1v) is 9.74. The van der Waals surface area contributed by atoms with Crippen LogP contribution in [0.2, 0.25) is 0 Å². The van der Waals surface area contributed by atoms with Crippen LogP contribution >= 0.6 is 0 Å². The molecule has 2 amide bonds. The molecule has 0 radical (unpaired) electrons. The number of imide groups is 1. The lowest BCUT2D eigenvalue weighted by Gasteiger charge is -2.27. The summed E-state index contributed by atoms with van der Waals surface area (Å²) >= 11 is 0. The highest BCUT2D eigenvalue weighted by Gasteiger charge is 2.26. The molecule has 1 atom stereocenters. The molecule has 0 bridgehead atoms. The molecule has 8 heteroatoms. The number of amides is 2. The van der Waals surface area contributed by atoms with Gasteiger partial charge in [0.25, 0.3) is 0 Å². The van der Waals surface area contributed by atoms with Crippen LogP contribution in [0.4, 0.5) is 0 Å². The third-order valence-electron chi connectivity index (χ3n) is 5.15. The van der Waals surface area contributed by atoms with Crippen molar-refractivity contribution in [3.63, 3.8) is 0 Å². The van der Waals surface area contributed by atoms with E-state index in [1.54, 1.807) is 13.3 Å². The summed E-state index contributed by atoms with van der Waals surface area (Å²) in [6, 6.07) is 4.08. The fourth-order valence-corrected chi connectivity index (χ4v) is 3.69. The lowest BCUT2D eigenvalue weighted by Crippen LogP contribution is -2.47. The Morgan fingerprint density at radius 3 is 2.56 bits per heavy atom. The normalized spacial score (nSPS) is 20.2. The van der Waals surface area contributed by atoms with Crippen LogP contribution in [0.15, 0.2) is 27.8 Å². The van der Waals surface area contributed by atoms with Gasteiger partial charge in [-0.25, -0.2) is 0 Å². The average Bonchev–Trinajstić information content (AvgIpc) is 3.37. The molecule has 2 aliphatic rings. The van der Waals surface area contributed by atoms with Crippen molar-refractivity contribution < 1.29 is 14.0 Å². The molecule has 0 saturated carbocycles. The van der Waals surface area contributed by atoms with E-state index >= 15 is 0 Å². The molecule has 3 rings (SSSR count). The molecule has 27 heavy (non-hydrogen) atoms. The number of nitrogens with zero attached hydrogens (tertiary/aromatic N) is 3. The van der Waals surface area contributed by atoms with Gasteiger partial charge in [0.15, 0.2) is 5.96 Å². The third-order valence-corrected chi connectivity index (χ3v) is 5.15. The van der Waals surface area contributed by atoms with Crippen molar-refractivity contribution in [2.75, 3.05) is 39.8 Å². The van der Waals surface area contributed by atoms with Crippen LogP contribution in [0.5, 0.6) is 0 Å². The number of carbonyl (C=O) groups is 2. The Labute approximate surface area is 160 Å². The first-order valence-electron chi connectivity index (χ1n) is 9.74. The monoisotopic (exact) mass is 375 g/mol. The minimum atomic E-state index is -0.0806. The Hall–Kier alpha value is -2.35. The van der Waals surface area contributed by atoms with E-state index in [1.165, 1.54) is 17.7 Å². The highest BCUT2D eigenvalue weighted by atomic mass is 16.3. The van der Waals surface area contributed by atoms with Crippen molar-refractivity contribution in [1.82, 2.24) is 20.4 Å². The minimum Gasteiger partial charge on any atom is -0.468 e. The molecule has 0 spiro atoms. The van der Waals surface area contributed by atoms with E-state index < -0.39 is 0 Å². The number of hydrogen-bond acceptors (Lipinski definition) is 5. The Bertz CT molecular complexity index is 636. The largest absolute Gasteiger partial charge is 0.468 e. The number of rotatable bonds is 7. The summed E-state index contributed by atoms with van der Waals surface area (Å²) in [5.41, 5.74) is 0. The number of guanidine groups is 1. The standard InChI is InChI=1S/C19H29N5O3/c1-20-19(21-9-12-24-17(25)7-4-8-18(24)26)22-14-15(16-6-5-13-27-16)23-10-2-3-11-23/h5-6,13,15H,2-4,7-12,14H2,1H3,(H2,20,21,22). The fourth-order valence-electron chi connectivity index (χ4n) is 3.69. The van der Waals surface area contributed by atoms with Gasteiger partial charge in [0.05, 0.1) is 12.3 Å². The summed E-state index contributed by atoms with van der Waals surface area (Å²) in [6.45, 7) is 3.66. The molecule has 1 aromatic rings. The van der Waals surface area contributed by atoms with Gasteiger partial charge in [-0.05, 0) is 44.5 Å². The Balaban J connectivity index is 1.49. The molecule has 1 aromatic heterocycles. The fraction of sp³-hybridized carbons (Fsp3) is 0.632. The maximum atomic E-state index is 11.9. The number of carbonyl (C=O) groups excluding carboxylic acids is 2. The van der Waals surface area contributed by atoms with Crippen LogP contribution in [0, 0.1) is 0 Å². The summed E-state index contributed by atoms with van der Waals surface area (Å²) in [5.74, 6) is 1.44. The molecule has 8 nitrogen and oxygen atoms in total. The van der Waals surface area contributed by atoms with Crippen LogP contribution in [0.1, 0.15) is 43.9 Å². The second-order valence-electron chi connectivity index (χ2n) is 6.95. The predicted octanol–water partition coefficient (Wildman–Crippen LogP) is 1.12. The molecule has 0 aliphatic carbocycles. The Morgan fingerprint density at radius 2 is 1.93 bits per heavy atom. The van der Waals surface area contributed by atoms with Crippen molar-refractivity contribution in [3.8, 4) is 0 Å². The molecule has 2 aliphatic heterocycles. The van der Waals surface area contributed by atoms with Gasteiger partial charge >= 0.3 is 0 Å². The van der Waals surface area contributed by atoms with E-state index in [0.29, 0.717) is 44.9 Å². The highest BCUT2D eigenvalue weighted by molar-refractivity contribution is 5.97. The maximum Gasteiger partial charge on any atom is 0.229 e. The molecule has 2 fully saturated rings. The summed E-state index contributed by atoms with van der Waals surface area (Å²) in [6.07, 6.45) is 5.70. The molecular weight excluding hydrogens is 346 g/mol. The quantitative estimate of drug-likeness (QED) is 0.422. The van der Waals surface area contributed by atoms with Gasteiger partial charge < -0.3 is 15.1 Å². The summed E-state index contributed by atoms with van der Waals surface area (Å²) in [5, 5.41) is 6.54. The van der Waals surface area contributed by atoms with Crippen LogP contribution in [-0.2, 0) is 9.59 Å². The first-order chi connectivity index (χ1) is 13.2. The number of furan rings is 1. The number of hydrogen-bond donors (Lipinski definition) is 2. The third kappa shape index (κ3) is 5.09. The van der Waals surface area contributed by atoms with Crippen LogP contribution in [-0.4, -0.2) is 67.3 Å². The Kier molecular flexibility index (Phi) is 6.86. The van der Waals surface area contributed by atoms with Gasteiger partial charge in [0.2, 0.25) is 11.8 Å². The number of aliphatic imine (C=N–C) groups is 1. The van der Waals surface area contributed by atoms with Crippen LogP contribution in [0.3, 0.4) is 0 Å². The first kappa shape index (κ1) is 19.4. The van der Waals surface area contributed by atoms with E-state index in [-0.39, 0.29) is 17.9 Å². The number of likely N-dealkylation sites (tertiary alicyclic amines) is 2. The van der Waals surface area contributed by atoms with E-state index in [4.69, 9.17) is 4.42 Å². The average molecular weight is 375 g/mol. The zero-order chi connectivity index (χ0) is 19.1. The van der Waals surface area contributed by atoms with E-state index in [9.17, 15) is 9.59 Å². The van der Waals surface area contributed by atoms with Crippen molar-refractivity contribution >= 4 is 17.8 Å². The van der Waals surface area contributed by atoms with Crippen molar-refractivity contribution in [2.24, 2.45) is 4.99 Å². The Morgan fingerprint density at radius 1 is 1.19 bits per heavy atom. The van der Waals surface area contributed by atoms with E-state index in [1.807, 2.05) is 12.1 Å². The van der Waals surface area contributed by atoms with Crippen molar-refractivity contribution in [3.05, 3.63) is 24.2 Å². The number of nitrogens with one attached hydrogen (secondary N) is 2. The summed E-state index contributed by atoms with van der Waals surface area (Å²) < 4.78 is 5.63. The highest BCUT2D eigenvalue weighted by Crippen LogP contribution is 2.24. The number of piperidine rings is 1. The zero-order valence-corrected chi connectivity index (χ0v) is 15.9. The second kappa shape index (κ2) is 9.55. The van der Waals surface area contributed by atoms with Crippen LogP contribution in [0.25, 0.3) is 0 Å². The SMILES string of the molecule is CN=C(NCCN1C(=O)CCCC1=O)NCC(c1ccco1)N1CCCC1. The van der Waals surface area contributed by atoms with Crippen LogP contribution < -0.4 is 10.6 Å². The van der Waals surface area contributed by atoms with Gasteiger partial charge in [-0.15, -0.1) is 0 Å². The predicted molar refractivity (Wildman–Crippen MR) is 102 cm³/mol. The molecule has 2 saturated heterocycles. The molecule has 0 aromatic carbocycles. The maximum absolute atomic E-state index is 11.9. The van der Waals surface area contributed by atoms with Gasteiger partial charge in [0, 0.05) is 39.5 Å². The molecule has 2 N–H and O–H groups in total. The summed E-state index contributed by atoms with van der Waals surface area (Å²) in [7, 11) is 1.71. The van der Waals surface area contributed by atoms with Gasteiger partial charge in [-0.3, -0.25) is 24.4 Å². The van der Waals surface area contributed by atoms with Crippen molar-refractivity contribution in [1.29, 1.82) is 0 Å². The summed E-state index contributed by atoms with van der Waals surface area (Å²) in [4.78, 5) is 31.7. The lowest BCUT2D eigenvalue weighted by atomic mass is 10.1. The molecular formula is C19H29N5O3. The van der Waals surface area contributed by atoms with Gasteiger partial charge in [-0.2, -0.15) is 0 Å². The minimum absolute atomic E-state index is 0.0806.